The molecule has 0 atom stereocenters. The molecule has 156 valence electrons. The van der Waals surface area contributed by atoms with Crippen LogP contribution in [-0.4, -0.2) is 15.3 Å². The Bertz CT molecular complexity index is 1180. The van der Waals surface area contributed by atoms with E-state index in [4.69, 9.17) is 19.5 Å². The molecule has 5 rings (SSSR count). The van der Waals surface area contributed by atoms with Crippen LogP contribution in [0.5, 0.6) is 5.75 Å². The van der Waals surface area contributed by atoms with Gasteiger partial charge in [0.1, 0.15) is 18.1 Å². The van der Waals surface area contributed by atoms with Crippen molar-refractivity contribution in [2.24, 2.45) is 5.73 Å². The van der Waals surface area contributed by atoms with E-state index in [2.05, 4.69) is 15.3 Å². The van der Waals surface area contributed by atoms with E-state index in [9.17, 15) is 0 Å². The molecule has 1 aliphatic carbocycles. The second kappa shape index (κ2) is 7.74. The van der Waals surface area contributed by atoms with Crippen molar-refractivity contribution in [3.8, 4) is 17.2 Å². The summed E-state index contributed by atoms with van der Waals surface area (Å²) in [4.78, 5) is 4.61. The van der Waals surface area contributed by atoms with Crippen LogP contribution in [0.15, 0.2) is 45.4 Å². The van der Waals surface area contributed by atoms with Crippen molar-refractivity contribution < 1.29 is 13.8 Å². The Balaban J connectivity index is 0.00000218. The molecule has 1 fully saturated rings. The van der Waals surface area contributed by atoms with Crippen molar-refractivity contribution >= 4 is 23.2 Å². The second-order valence-corrected chi connectivity index (χ2v) is 7.72. The fraction of sp³-hybridized carbons (Fsp3) is 0.318. The van der Waals surface area contributed by atoms with Crippen LogP contribution in [-0.2, 0) is 12.1 Å². The van der Waals surface area contributed by atoms with Gasteiger partial charge < -0.3 is 19.5 Å². The Morgan fingerprint density at radius 1 is 1.07 bits per heavy atom. The summed E-state index contributed by atoms with van der Waals surface area (Å²) in [6, 6.07) is 12.1. The van der Waals surface area contributed by atoms with Crippen LogP contribution in [0.25, 0.3) is 22.2 Å². The number of rotatable bonds is 5. The molecule has 0 radical (unpaired) electrons. The minimum absolute atomic E-state index is 0. The van der Waals surface area contributed by atoms with Crippen molar-refractivity contribution in [1.82, 2.24) is 15.3 Å². The fourth-order valence-electron chi connectivity index (χ4n) is 3.68. The van der Waals surface area contributed by atoms with E-state index >= 15 is 0 Å². The summed E-state index contributed by atoms with van der Waals surface area (Å²) in [6.07, 6.45) is 2.83. The number of ether oxygens (including phenoxy) is 1. The molecule has 30 heavy (non-hydrogen) atoms. The standard InChI is InChI=1S/C22H22N4O3.ClH/c1-13-18(14(2)28-25-13)12-27-19-11-16-7-4-3-6-15(16)10-17(19)20-24-21(26-29-20)22(23)8-5-9-22;/h3-4,6-7,10-11H,5,8-9,12,23H2,1-2H3;1H. The van der Waals surface area contributed by atoms with Crippen LogP contribution in [0.1, 0.15) is 42.1 Å². The molecule has 8 heteroatoms. The van der Waals surface area contributed by atoms with Crippen LogP contribution in [0.4, 0.5) is 0 Å². The molecule has 2 aromatic carbocycles. The maximum Gasteiger partial charge on any atom is 0.261 e. The predicted octanol–water partition coefficient (Wildman–Crippen LogP) is 4.83. The van der Waals surface area contributed by atoms with E-state index in [0.29, 0.717) is 24.1 Å². The summed E-state index contributed by atoms with van der Waals surface area (Å²) < 4.78 is 17.0. The van der Waals surface area contributed by atoms with Crippen LogP contribution in [0.3, 0.4) is 0 Å². The van der Waals surface area contributed by atoms with Gasteiger partial charge >= 0.3 is 0 Å². The highest BCUT2D eigenvalue weighted by atomic mass is 35.5. The van der Waals surface area contributed by atoms with Gasteiger partial charge in [0.2, 0.25) is 0 Å². The summed E-state index contributed by atoms with van der Waals surface area (Å²) in [5.41, 5.74) is 8.39. The third kappa shape index (κ3) is 3.44. The van der Waals surface area contributed by atoms with Crippen molar-refractivity contribution in [2.45, 2.75) is 45.3 Å². The Morgan fingerprint density at radius 2 is 1.80 bits per heavy atom. The molecule has 1 saturated carbocycles. The van der Waals surface area contributed by atoms with Crippen LogP contribution < -0.4 is 10.5 Å². The summed E-state index contributed by atoms with van der Waals surface area (Å²) >= 11 is 0. The SMILES string of the molecule is Cc1noc(C)c1COc1cc2ccccc2cc1-c1nc(C2(N)CCC2)no1.Cl. The average molecular weight is 427 g/mol. The molecule has 0 spiro atoms. The highest BCUT2D eigenvalue weighted by Crippen LogP contribution is 2.39. The molecule has 0 unspecified atom stereocenters. The molecule has 2 aromatic heterocycles. The number of fused-ring (bicyclic) bond motifs is 1. The van der Waals surface area contributed by atoms with E-state index in [-0.39, 0.29) is 12.4 Å². The summed E-state index contributed by atoms with van der Waals surface area (Å²) in [5, 5.41) is 10.3. The Kier molecular flexibility index (Phi) is 5.26. The van der Waals surface area contributed by atoms with Gasteiger partial charge in [-0.3, -0.25) is 0 Å². The molecule has 0 amide bonds. The lowest BCUT2D eigenvalue weighted by Crippen LogP contribution is -2.44. The molecular weight excluding hydrogens is 404 g/mol. The normalized spacial score (nSPS) is 14.9. The molecule has 2 heterocycles. The Labute approximate surface area is 180 Å². The monoisotopic (exact) mass is 426 g/mol. The van der Waals surface area contributed by atoms with Crippen LogP contribution in [0, 0.1) is 13.8 Å². The van der Waals surface area contributed by atoms with Crippen molar-refractivity contribution in [3.63, 3.8) is 0 Å². The zero-order chi connectivity index (χ0) is 20.0. The zero-order valence-electron chi connectivity index (χ0n) is 16.8. The fourth-order valence-corrected chi connectivity index (χ4v) is 3.68. The van der Waals surface area contributed by atoms with Gasteiger partial charge in [-0.2, -0.15) is 4.98 Å². The first-order valence-electron chi connectivity index (χ1n) is 9.74. The maximum absolute atomic E-state index is 6.37. The smallest absolute Gasteiger partial charge is 0.261 e. The van der Waals surface area contributed by atoms with E-state index in [1.165, 1.54) is 0 Å². The first kappa shape index (κ1) is 20.4. The highest BCUT2D eigenvalue weighted by Gasteiger charge is 2.39. The first-order chi connectivity index (χ1) is 14.0. The van der Waals surface area contributed by atoms with Gasteiger partial charge in [-0.25, -0.2) is 0 Å². The highest BCUT2D eigenvalue weighted by molar-refractivity contribution is 5.89. The average Bonchev–Trinajstić information content (AvgIpc) is 3.31. The lowest BCUT2D eigenvalue weighted by Gasteiger charge is -2.34. The number of hydrogen-bond acceptors (Lipinski definition) is 7. The van der Waals surface area contributed by atoms with Gasteiger partial charge in [-0.1, -0.05) is 34.6 Å². The van der Waals surface area contributed by atoms with Gasteiger partial charge in [0.15, 0.2) is 5.82 Å². The Morgan fingerprint density at radius 3 is 2.43 bits per heavy atom. The molecule has 4 aromatic rings. The van der Waals surface area contributed by atoms with Gasteiger partial charge in [-0.05, 0) is 56.0 Å². The maximum atomic E-state index is 6.37. The predicted molar refractivity (Wildman–Crippen MR) is 115 cm³/mol. The van der Waals surface area contributed by atoms with E-state index in [1.54, 1.807) is 0 Å². The number of aryl methyl sites for hydroxylation is 2. The van der Waals surface area contributed by atoms with Gasteiger partial charge in [-0.15, -0.1) is 12.4 Å². The molecular formula is C22H23ClN4O3. The largest absolute Gasteiger partial charge is 0.488 e. The van der Waals surface area contributed by atoms with Crippen LogP contribution >= 0.6 is 12.4 Å². The van der Waals surface area contributed by atoms with Crippen molar-refractivity contribution in [1.29, 1.82) is 0 Å². The van der Waals surface area contributed by atoms with Gasteiger partial charge in [0.05, 0.1) is 22.4 Å². The van der Waals surface area contributed by atoms with Crippen molar-refractivity contribution in [3.05, 3.63) is 59.2 Å². The number of halogens is 1. The Hall–Kier alpha value is -2.90. The lowest BCUT2D eigenvalue weighted by atomic mass is 9.77. The van der Waals surface area contributed by atoms with Crippen LogP contribution in [0.2, 0.25) is 0 Å². The minimum Gasteiger partial charge on any atom is -0.488 e. The quantitative estimate of drug-likeness (QED) is 0.487. The molecule has 0 saturated heterocycles. The first-order valence-corrected chi connectivity index (χ1v) is 9.74. The van der Waals surface area contributed by atoms with Gasteiger partial charge in [0, 0.05) is 0 Å². The molecule has 2 N–H and O–H groups in total. The minimum atomic E-state index is -0.476. The molecule has 1 aliphatic rings. The summed E-state index contributed by atoms with van der Waals surface area (Å²) in [5.74, 6) is 2.39. The van der Waals surface area contributed by atoms with E-state index in [1.807, 2.05) is 50.2 Å². The zero-order valence-corrected chi connectivity index (χ0v) is 17.7. The van der Waals surface area contributed by atoms with E-state index in [0.717, 1.165) is 52.6 Å². The third-order valence-electron chi connectivity index (χ3n) is 5.75. The second-order valence-electron chi connectivity index (χ2n) is 7.72. The number of aromatic nitrogens is 3. The van der Waals surface area contributed by atoms with E-state index < -0.39 is 5.54 Å². The lowest BCUT2D eigenvalue weighted by molar-refractivity contribution is 0.229. The topological polar surface area (TPSA) is 100 Å². The third-order valence-corrected chi connectivity index (χ3v) is 5.75. The summed E-state index contributed by atoms with van der Waals surface area (Å²) in [7, 11) is 0. The number of nitrogens with two attached hydrogens (primary N) is 1. The number of hydrogen-bond donors (Lipinski definition) is 1. The number of benzene rings is 2. The molecule has 0 aliphatic heterocycles. The molecule has 0 bridgehead atoms. The summed E-state index contributed by atoms with van der Waals surface area (Å²) in [6.45, 7) is 4.12. The van der Waals surface area contributed by atoms with Gasteiger partial charge in [0.25, 0.3) is 5.89 Å². The molecule has 7 nitrogen and oxygen atoms in total. The van der Waals surface area contributed by atoms with Crippen molar-refractivity contribution in [2.75, 3.05) is 0 Å². The number of nitrogens with zero attached hydrogens (tertiary/aromatic N) is 3.